The van der Waals surface area contributed by atoms with E-state index in [4.69, 9.17) is 4.74 Å². The molecule has 2 heterocycles. The Morgan fingerprint density at radius 3 is 2.81 bits per heavy atom. The lowest BCUT2D eigenvalue weighted by atomic mass is 10.1. The van der Waals surface area contributed by atoms with Crippen molar-refractivity contribution in [2.75, 3.05) is 28.7 Å². The highest BCUT2D eigenvalue weighted by Crippen LogP contribution is 2.30. The van der Waals surface area contributed by atoms with Gasteiger partial charge in [-0.25, -0.2) is 0 Å². The van der Waals surface area contributed by atoms with Gasteiger partial charge in [-0.05, 0) is 43.2 Å². The first-order valence-corrected chi connectivity index (χ1v) is 8.85. The number of amides is 3. The molecule has 4 rings (SSSR count). The minimum absolute atomic E-state index is 0.0532. The summed E-state index contributed by atoms with van der Waals surface area (Å²) in [4.78, 5) is 38.6. The molecule has 1 unspecified atom stereocenters. The largest absolute Gasteiger partial charge is 0.368 e. The van der Waals surface area contributed by atoms with Crippen molar-refractivity contribution >= 4 is 34.8 Å². The summed E-state index contributed by atoms with van der Waals surface area (Å²) in [6.45, 7) is 0.537. The number of fused-ring (bicyclic) bond motifs is 1. The van der Waals surface area contributed by atoms with Gasteiger partial charge in [0.15, 0.2) is 0 Å². The van der Waals surface area contributed by atoms with Gasteiger partial charge in [-0.1, -0.05) is 18.2 Å². The van der Waals surface area contributed by atoms with E-state index in [2.05, 4.69) is 10.6 Å². The first-order valence-electron chi connectivity index (χ1n) is 8.85. The van der Waals surface area contributed by atoms with Gasteiger partial charge in [0.05, 0.1) is 11.4 Å². The zero-order valence-electron chi connectivity index (χ0n) is 14.6. The van der Waals surface area contributed by atoms with Gasteiger partial charge in [0.25, 0.3) is 11.8 Å². The van der Waals surface area contributed by atoms with Crippen LogP contribution in [0.25, 0.3) is 0 Å². The Morgan fingerprint density at radius 2 is 2.00 bits per heavy atom. The van der Waals surface area contributed by atoms with Gasteiger partial charge in [0, 0.05) is 17.9 Å². The Morgan fingerprint density at radius 1 is 1.15 bits per heavy atom. The average molecular weight is 365 g/mol. The van der Waals surface area contributed by atoms with E-state index in [1.54, 1.807) is 42.5 Å². The molecule has 2 N–H and O–H groups in total. The standard InChI is InChI=1S/C20H19N3O4/c24-18-12-23(16-8-2-1-7-15(16)22-18)20(26)13-5-3-6-14(11-13)21-19(25)17-9-4-10-27-17/h1-3,5-8,11,17H,4,9-10,12H2,(H,21,25)(H,22,24). The normalized spacial score (nSPS) is 18.6. The predicted molar refractivity (Wildman–Crippen MR) is 101 cm³/mol. The van der Waals surface area contributed by atoms with Crippen LogP contribution in [0.3, 0.4) is 0 Å². The molecule has 1 saturated heterocycles. The number of carbonyl (C=O) groups excluding carboxylic acids is 3. The van der Waals surface area contributed by atoms with Gasteiger partial charge in [-0.15, -0.1) is 0 Å². The topological polar surface area (TPSA) is 87.7 Å². The van der Waals surface area contributed by atoms with Crippen molar-refractivity contribution in [3.05, 3.63) is 54.1 Å². The quantitative estimate of drug-likeness (QED) is 0.874. The van der Waals surface area contributed by atoms with Crippen LogP contribution in [0.15, 0.2) is 48.5 Å². The molecule has 1 fully saturated rings. The third kappa shape index (κ3) is 3.54. The minimum atomic E-state index is -0.443. The summed E-state index contributed by atoms with van der Waals surface area (Å²) in [5.74, 6) is -0.754. The van der Waals surface area contributed by atoms with Crippen LogP contribution in [-0.4, -0.2) is 37.0 Å². The predicted octanol–water partition coefficient (Wildman–Crippen LogP) is 2.40. The monoisotopic (exact) mass is 365 g/mol. The van der Waals surface area contributed by atoms with E-state index < -0.39 is 6.10 Å². The van der Waals surface area contributed by atoms with Crippen molar-refractivity contribution in [1.82, 2.24) is 0 Å². The van der Waals surface area contributed by atoms with E-state index in [1.807, 2.05) is 6.07 Å². The maximum atomic E-state index is 13.0. The Labute approximate surface area is 156 Å². The van der Waals surface area contributed by atoms with Gasteiger partial charge < -0.3 is 15.4 Å². The molecular weight excluding hydrogens is 346 g/mol. The molecule has 2 aromatic rings. The third-order valence-electron chi connectivity index (χ3n) is 4.61. The summed E-state index contributed by atoms with van der Waals surface area (Å²) < 4.78 is 5.38. The minimum Gasteiger partial charge on any atom is -0.368 e. The van der Waals surface area contributed by atoms with Crippen LogP contribution in [0.2, 0.25) is 0 Å². The second kappa shape index (κ2) is 7.20. The molecule has 2 aromatic carbocycles. The molecule has 0 aliphatic carbocycles. The summed E-state index contributed by atoms with van der Waals surface area (Å²) in [5, 5.41) is 5.56. The fraction of sp³-hybridized carbons (Fsp3) is 0.250. The Balaban J connectivity index is 1.56. The molecule has 0 saturated carbocycles. The van der Waals surface area contributed by atoms with Crippen molar-refractivity contribution in [1.29, 1.82) is 0 Å². The van der Waals surface area contributed by atoms with Gasteiger partial charge in [-0.2, -0.15) is 0 Å². The van der Waals surface area contributed by atoms with Crippen LogP contribution >= 0.6 is 0 Å². The molecule has 7 heteroatoms. The Bertz CT molecular complexity index is 906. The summed E-state index contributed by atoms with van der Waals surface area (Å²) in [7, 11) is 0. The molecule has 2 aliphatic rings. The van der Waals surface area contributed by atoms with E-state index in [0.717, 1.165) is 6.42 Å². The van der Waals surface area contributed by atoms with Crippen LogP contribution in [-0.2, 0) is 14.3 Å². The number of hydrogen-bond acceptors (Lipinski definition) is 4. The molecule has 2 aliphatic heterocycles. The summed E-state index contributed by atoms with van der Waals surface area (Å²) >= 11 is 0. The third-order valence-corrected chi connectivity index (χ3v) is 4.61. The van der Waals surface area contributed by atoms with Gasteiger partial charge in [0.2, 0.25) is 5.91 Å². The first kappa shape index (κ1) is 17.2. The van der Waals surface area contributed by atoms with E-state index >= 15 is 0 Å². The number of para-hydroxylation sites is 2. The summed E-state index contributed by atoms with van der Waals surface area (Å²) in [5.41, 5.74) is 2.17. The van der Waals surface area contributed by atoms with E-state index in [1.165, 1.54) is 4.90 Å². The fourth-order valence-corrected chi connectivity index (χ4v) is 3.31. The van der Waals surface area contributed by atoms with Crippen molar-refractivity contribution < 1.29 is 19.1 Å². The van der Waals surface area contributed by atoms with E-state index in [9.17, 15) is 14.4 Å². The molecule has 0 aromatic heterocycles. The smallest absolute Gasteiger partial charge is 0.258 e. The fourth-order valence-electron chi connectivity index (χ4n) is 3.31. The molecule has 138 valence electrons. The second-order valence-electron chi connectivity index (χ2n) is 6.53. The molecule has 0 bridgehead atoms. The molecule has 0 radical (unpaired) electrons. The lowest BCUT2D eigenvalue weighted by Crippen LogP contribution is -2.42. The van der Waals surface area contributed by atoms with Crippen LogP contribution in [0, 0.1) is 0 Å². The zero-order chi connectivity index (χ0) is 18.8. The average Bonchev–Trinajstić information content (AvgIpc) is 3.22. The van der Waals surface area contributed by atoms with E-state index in [-0.39, 0.29) is 24.3 Å². The maximum Gasteiger partial charge on any atom is 0.258 e. The molecule has 3 amide bonds. The number of carbonyl (C=O) groups is 3. The number of nitrogens with one attached hydrogen (secondary N) is 2. The highest BCUT2D eigenvalue weighted by molar-refractivity contribution is 6.15. The second-order valence-corrected chi connectivity index (χ2v) is 6.53. The SMILES string of the molecule is O=C1CN(C(=O)c2cccc(NC(=O)C3CCCO3)c2)c2ccccc2N1. The number of anilines is 3. The van der Waals surface area contributed by atoms with Crippen molar-refractivity contribution in [3.63, 3.8) is 0 Å². The van der Waals surface area contributed by atoms with Crippen molar-refractivity contribution in [2.45, 2.75) is 18.9 Å². The molecule has 0 spiro atoms. The van der Waals surface area contributed by atoms with Crippen molar-refractivity contribution in [2.24, 2.45) is 0 Å². The van der Waals surface area contributed by atoms with Gasteiger partial charge in [0.1, 0.15) is 12.6 Å². The first-order chi connectivity index (χ1) is 13.1. The number of ether oxygens (including phenoxy) is 1. The van der Waals surface area contributed by atoms with Crippen LogP contribution in [0.4, 0.5) is 17.1 Å². The molecule has 7 nitrogen and oxygen atoms in total. The zero-order valence-corrected chi connectivity index (χ0v) is 14.6. The number of nitrogens with zero attached hydrogens (tertiary/aromatic N) is 1. The lowest BCUT2D eigenvalue weighted by molar-refractivity contribution is -0.124. The van der Waals surface area contributed by atoms with Crippen LogP contribution in [0.1, 0.15) is 23.2 Å². The highest BCUT2D eigenvalue weighted by Gasteiger charge is 2.28. The summed E-state index contributed by atoms with van der Waals surface area (Å²) in [6, 6.07) is 13.9. The number of benzene rings is 2. The Kier molecular flexibility index (Phi) is 4.60. The number of rotatable bonds is 3. The maximum absolute atomic E-state index is 13.0. The van der Waals surface area contributed by atoms with Gasteiger partial charge >= 0.3 is 0 Å². The Hall–Kier alpha value is -3.19. The number of hydrogen-bond donors (Lipinski definition) is 2. The van der Waals surface area contributed by atoms with E-state index in [0.29, 0.717) is 35.7 Å². The van der Waals surface area contributed by atoms with Gasteiger partial charge in [-0.3, -0.25) is 19.3 Å². The highest BCUT2D eigenvalue weighted by atomic mass is 16.5. The van der Waals surface area contributed by atoms with Crippen LogP contribution < -0.4 is 15.5 Å². The molecule has 27 heavy (non-hydrogen) atoms. The van der Waals surface area contributed by atoms with Crippen LogP contribution in [0.5, 0.6) is 0 Å². The molecular formula is C20H19N3O4. The molecule has 1 atom stereocenters. The van der Waals surface area contributed by atoms with Crippen molar-refractivity contribution in [3.8, 4) is 0 Å². The lowest BCUT2D eigenvalue weighted by Gasteiger charge is -2.29. The summed E-state index contributed by atoms with van der Waals surface area (Å²) in [6.07, 6.45) is 1.12.